The third-order valence-corrected chi connectivity index (χ3v) is 3.92. The van der Waals surface area contributed by atoms with Gasteiger partial charge in [0, 0.05) is 17.7 Å². The molecule has 2 N–H and O–H groups in total. The van der Waals surface area contributed by atoms with Crippen molar-refractivity contribution in [2.24, 2.45) is 5.41 Å². The van der Waals surface area contributed by atoms with Crippen LogP contribution in [0.4, 0.5) is 5.69 Å². The van der Waals surface area contributed by atoms with E-state index >= 15 is 0 Å². The highest BCUT2D eigenvalue weighted by atomic mass is 16.5. The second kappa shape index (κ2) is 3.40. The number of pyridine rings is 1. The maximum atomic E-state index is 12.0. The van der Waals surface area contributed by atoms with Crippen molar-refractivity contribution in [1.82, 2.24) is 14.3 Å². The molecule has 6 nitrogen and oxygen atoms in total. The predicted octanol–water partition coefficient (Wildman–Crippen LogP) is 0.789. The number of fused-ring (bicyclic) bond motifs is 1. The third-order valence-electron chi connectivity index (χ3n) is 3.92. The van der Waals surface area contributed by atoms with E-state index in [1.54, 1.807) is 24.4 Å². The minimum absolute atomic E-state index is 0.216. The van der Waals surface area contributed by atoms with Crippen molar-refractivity contribution < 1.29 is 4.74 Å². The summed E-state index contributed by atoms with van der Waals surface area (Å²) in [7, 11) is 0. The second-order valence-corrected chi connectivity index (χ2v) is 5.43. The highest BCUT2D eigenvalue weighted by Crippen LogP contribution is 2.49. The minimum atomic E-state index is -0.251. The van der Waals surface area contributed by atoms with Crippen molar-refractivity contribution in [3.05, 3.63) is 34.7 Å². The van der Waals surface area contributed by atoms with Crippen LogP contribution in [0, 0.1) is 5.41 Å². The van der Waals surface area contributed by atoms with Gasteiger partial charge < -0.3 is 10.5 Å². The molecule has 0 saturated heterocycles. The summed E-state index contributed by atoms with van der Waals surface area (Å²) in [5, 5.41) is 4.46. The molecule has 1 aliphatic carbocycles. The van der Waals surface area contributed by atoms with Gasteiger partial charge in [-0.05, 0) is 25.0 Å². The lowest BCUT2D eigenvalue weighted by Crippen LogP contribution is -2.27. The fourth-order valence-corrected chi connectivity index (χ4v) is 2.49. The Bertz CT molecular complexity index is 712. The molecule has 3 heterocycles. The number of nitrogens with two attached hydrogens (primary N) is 1. The lowest BCUT2D eigenvalue weighted by atomic mass is 10.1. The van der Waals surface area contributed by atoms with E-state index in [4.69, 9.17) is 10.5 Å². The first-order valence-corrected chi connectivity index (χ1v) is 6.35. The van der Waals surface area contributed by atoms with Gasteiger partial charge in [0.15, 0.2) is 5.82 Å². The lowest BCUT2D eigenvalue weighted by Gasteiger charge is -2.22. The van der Waals surface area contributed by atoms with Gasteiger partial charge >= 0.3 is 0 Å². The summed E-state index contributed by atoms with van der Waals surface area (Å²) in [6, 6.07) is 5.11. The smallest absolute Gasteiger partial charge is 0.279 e. The van der Waals surface area contributed by atoms with Crippen LogP contribution in [0.1, 0.15) is 12.8 Å². The summed E-state index contributed by atoms with van der Waals surface area (Å²) in [5.74, 6) is 1.28. The van der Waals surface area contributed by atoms with E-state index < -0.39 is 0 Å². The maximum absolute atomic E-state index is 12.0. The van der Waals surface area contributed by atoms with E-state index in [2.05, 4.69) is 5.10 Å². The minimum Gasteiger partial charge on any atom is -0.477 e. The molecular weight excluding hydrogens is 244 g/mol. The van der Waals surface area contributed by atoms with Gasteiger partial charge in [-0.25, -0.2) is 4.68 Å². The van der Waals surface area contributed by atoms with Gasteiger partial charge in [-0.2, -0.15) is 5.10 Å². The van der Waals surface area contributed by atoms with E-state index in [0.29, 0.717) is 5.82 Å². The van der Waals surface area contributed by atoms with Crippen LogP contribution in [-0.4, -0.2) is 21.0 Å². The van der Waals surface area contributed by atoms with Crippen LogP contribution in [0.2, 0.25) is 0 Å². The fraction of sp³-hybridized carbons (Fsp3) is 0.385. The molecule has 2 aromatic heterocycles. The van der Waals surface area contributed by atoms with E-state index in [1.807, 2.05) is 4.68 Å². The number of ether oxygens (including phenoxy) is 1. The molecule has 4 rings (SSSR count). The molecule has 98 valence electrons. The van der Waals surface area contributed by atoms with Crippen LogP contribution in [0.5, 0.6) is 5.88 Å². The van der Waals surface area contributed by atoms with Crippen LogP contribution < -0.4 is 16.0 Å². The molecule has 0 amide bonds. The normalized spacial score (nSPS) is 18.9. The topological polar surface area (TPSA) is 75.1 Å². The summed E-state index contributed by atoms with van der Waals surface area (Å²) >= 11 is 0. The summed E-state index contributed by atoms with van der Waals surface area (Å²) in [6.45, 7) is 1.63. The Hall–Kier alpha value is -2.24. The first-order valence-electron chi connectivity index (χ1n) is 6.35. The predicted molar refractivity (Wildman–Crippen MR) is 69.4 cm³/mol. The number of anilines is 1. The Morgan fingerprint density at radius 3 is 3.05 bits per heavy atom. The Morgan fingerprint density at radius 1 is 1.42 bits per heavy atom. The number of rotatable bonds is 1. The third kappa shape index (κ3) is 1.56. The molecule has 1 spiro atoms. The monoisotopic (exact) mass is 258 g/mol. The molecule has 1 fully saturated rings. The number of nitrogens with zero attached hydrogens (tertiary/aromatic N) is 3. The molecule has 0 atom stereocenters. The van der Waals surface area contributed by atoms with Gasteiger partial charge in [0.05, 0.1) is 18.8 Å². The van der Waals surface area contributed by atoms with Crippen LogP contribution in [0.3, 0.4) is 0 Å². The molecule has 0 unspecified atom stereocenters. The first-order chi connectivity index (χ1) is 9.17. The zero-order chi connectivity index (χ0) is 13.0. The molecule has 1 aliphatic heterocycles. The van der Waals surface area contributed by atoms with Gasteiger partial charge in [-0.1, -0.05) is 0 Å². The van der Waals surface area contributed by atoms with Crippen molar-refractivity contribution in [3.8, 4) is 11.7 Å². The fourth-order valence-electron chi connectivity index (χ4n) is 2.49. The van der Waals surface area contributed by atoms with Crippen molar-refractivity contribution in [2.75, 3.05) is 12.3 Å². The summed E-state index contributed by atoms with van der Waals surface area (Å²) in [5.41, 5.74) is 5.89. The van der Waals surface area contributed by atoms with Crippen LogP contribution >= 0.6 is 0 Å². The molecule has 19 heavy (non-hydrogen) atoms. The Labute approximate surface area is 109 Å². The van der Waals surface area contributed by atoms with E-state index in [9.17, 15) is 4.79 Å². The van der Waals surface area contributed by atoms with E-state index in [1.165, 1.54) is 17.4 Å². The zero-order valence-corrected chi connectivity index (χ0v) is 10.4. The highest BCUT2D eigenvalue weighted by Gasteiger charge is 2.47. The molecular formula is C13H14N4O2. The van der Waals surface area contributed by atoms with E-state index in [-0.39, 0.29) is 16.7 Å². The zero-order valence-electron chi connectivity index (χ0n) is 10.4. The lowest BCUT2D eigenvalue weighted by molar-refractivity contribution is 0.148. The second-order valence-electron chi connectivity index (χ2n) is 5.43. The highest BCUT2D eigenvalue weighted by molar-refractivity contribution is 5.39. The van der Waals surface area contributed by atoms with Gasteiger partial charge in [0.1, 0.15) is 0 Å². The van der Waals surface area contributed by atoms with Crippen molar-refractivity contribution in [1.29, 1.82) is 0 Å². The summed E-state index contributed by atoms with van der Waals surface area (Å²) < 4.78 is 9.02. The van der Waals surface area contributed by atoms with Crippen molar-refractivity contribution in [3.63, 3.8) is 0 Å². The first kappa shape index (κ1) is 10.7. The number of hydrogen-bond donors (Lipinski definition) is 1. The van der Waals surface area contributed by atoms with Crippen LogP contribution in [0.15, 0.2) is 29.2 Å². The molecule has 0 aromatic carbocycles. The number of hydrogen-bond acceptors (Lipinski definition) is 4. The maximum Gasteiger partial charge on any atom is 0.279 e. The number of aromatic nitrogens is 3. The quantitative estimate of drug-likeness (QED) is 0.820. The molecule has 2 aliphatic rings. The van der Waals surface area contributed by atoms with E-state index in [0.717, 1.165) is 19.0 Å². The Kier molecular flexibility index (Phi) is 1.91. The van der Waals surface area contributed by atoms with Gasteiger partial charge in [0.25, 0.3) is 5.56 Å². The summed E-state index contributed by atoms with van der Waals surface area (Å²) in [4.78, 5) is 12.0. The molecule has 6 heteroatoms. The van der Waals surface area contributed by atoms with Gasteiger partial charge in [0.2, 0.25) is 5.88 Å². The average molecular weight is 258 g/mol. The van der Waals surface area contributed by atoms with Crippen molar-refractivity contribution in [2.45, 2.75) is 19.4 Å². The molecule has 2 aromatic rings. The van der Waals surface area contributed by atoms with Crippen LogP contribution in [-0.2, 0) is 6.54 Å². The average Bonchev–Trinajstić information content (AvgIpc) is 3.01. The molecule has 0 bridgehead atoms. The largest absolute Gasteiger partial charge is 0.477 e. The summed E-state index contributed by atoms with van der Waals surface area (Å²) in [6.07, 6.45) is 4.06. The van der Waals surface area contributed by atoms with Gasteiger partial charge in [-0.15, -0.1) is 0 Å². The number of nitrogen functional groups attached to an aromatic ring is 1. The molecule has 1 saturated carbocycles. The standard InChI is InChI=1S/C13H14N4O2/c14-9-2-1-5-16(12(9)18)10-6-11-17(15-10)7-13(3-4-13)8-19-11/h1-2,5-6H,3-4,7-8,14H2. The van der Waals surface area contributed by atoms with Crippen LogP contribution in [0.25, 0.3) is 5.82 Å². The SMILES string of the molecule is Nc1cccn(-c2cc3n(n2)CC2(CC2)CO3)c1=O. The van der Waals surface area contributed by atoms with Gasteiger partial charge in [-0.3, -0.25) is 9.36 Å². The molecule has 0 radical (unpaired) electrons. The Morgan fingerprint density at radius 2 is 2.26 bits per heavy atom. The Balaban J connectivity index is 1.79. The van der Waals surface area contributed by atoms with Crippen molar-refractivity contribution >= 4 is 5.69 Å².